The molecule has 0 aliphatic carbocycles. The van der Waals surface area contributed by atoms with Crippen LogP contribution in [0.15, 0.2) is 24.3 Å². The summed E-state index contributed by atoms with van der Waals surface area (Å²) in [6, 6.07) is 5.04. The molecule has 6 heteroatoms. The number of aromatic hydroxyl groups is 1. The monoisotopic (exact) mass is 209 g/mol. The molecule has 0 aliphatic rings. The zero-order valence-electron chi connectivity index (χ0n) is 7.45. The van der Waals surface area contributed by atoms with Crippen LogP contribution in [0.5, 0.6) is 5.75 Å². The number of terminal acetylenes is 1. The zero-order valence-corrected chi connectivity index (χ0v) is 7.45. The van der Waals surface area contributed by atoms with Gasteiger partial charge in [-0.2, -0.15) is 0 Å². The lowest BCUT2D eigenvalue weighted by molar-refractivity contribution is -0.384. The largest absolute Gasteiger partial charge is 0.508 e. The number of hydrogen-bond acceptors (Lipinski definition) is 4. The molecule has 0 amide bonds. The van der Waals surface area contributed by atoms with E-state index >= 15 is 0 Å². The van der Waals surface area contributed by atoms with E-state index in [0.29, 0.717) is 0 Å². The van der Waals surface area contributed by atoms with Gasteiger partial charge >= 0.3 is 5.97 Å². The first kappa shape index (κ1) is 12.5. The van der Waals surface area contributed by atoms with Crippen molar-refractivity contribution in [1.29, 1.82) is 0 Å². The zero-order chi connectivity index (χ0) is 11.8. The Balaban J connectivity index is 0.000000336. The fraction of sp³-hybridized carbons (Fsp3) is 0. The first-order chi connectivity index (χ1) is 6.97. The Kier molecular flexibility index (Phi) is 4.97. The molecule has 0 saturated heterocycles. The van der Waals surface area contributed by atoms with Crippen molar-refractivity contribution in [2.45, 2.75) is 0 Å². The third-order valence-electron chi connectivity index (χ3n) is 1.18. The fourth-order valence-corrected chi connectivity index (χ4v) is 0.574. The number of carbonyl (C=O) groups is 1. The van der Waals surface area contributed by atoms with Gasteiger partial charge in [-0.25, -0.2) is 4.79 Å². The van der Waals surface area contributed by atoms with Crippen LogP contribution in [-0.4, -0.2) is 21.1 Å². The molecule has 78 valence electrons. The minimum absolute atomic E-state index is 0.0159. The second-order valence-corrected chi connectivity index (χ2v) is 2.22. The van der Waals surface area contributed by atoms with E-state index in [4.69, 9.17) is 15.0 Å². The number of hydrogen-bond donors (Lipinski definition) is 2. The molecule has 0 bridgehead atoms. The number of benzene rings is 1. The van der Waals surface area contributed by atoms with Gasteiger partial charge in [0.1, 0.15) is 5.75 Å². The topological polar surface area (TPSA) is 101 Å². The van der Waals surface area contributed by atoms with Crippen LogP contribution in [0.2, 0.25) is 0 Å². The number of aliphatic carboxylic acids is 1. The van der Waals surface area contributed by atoms with Gasteiger partial charge in [-0.3, -0.25) is 10.1 Å². The molecule has 0 heterocycles. The Morgan fingerprint density at radius 2 is 1.80 bits per heavy atom. The lowest BCUT2D eigenvalue weighted by Gasteiger charge is -1.89. The molecule has 2 N–H and O–H groups in total. The summed E-state index contributed by atoms with van der Waals surface area (Å²) < 4.78 is 0. The van der Waals surface area contributed by atoms with E-state index in [9.17, 15) is 10.1 Å². The summed E-state index contributed by atoms with van der Waals surface area (Å²) in [6.07, 6.45) is 4.32. The normalized spacial score (nSPS) is 7.93. The maximum absolute atomic E-state index is 10.0. The summed E-state index contributed by atoms with van der Waals surface area (Å²) in [6.45, 7) is 0. The molecular formula is C9H7NO5. The fourth-order valence-electron chi connectivity index (χ4n) is 0.574. The molecule has 0 saturated carbocycles. The van der Waals surface area contributed by atoms with Crippen molar-refractivity contribution in [2.75, 3.05) is 0 Å². The number of non-ortho nitro benzene ring substituents is 1. The van der Waals surface area contributed by atoms with Gasteiger partial charge in [-0.15, -0.1) is 6.42 Å². The Labute approximate surface area is 84.9 Å². The van der Waals surface area contributed by atoms with Gasteiger partial charge in [-0.1, -0.05) is 0 Å². The summed E-state index contributed by atoms with van der Waals surface area (Å²) in [5, 5.41) is 26.2. The van der Waals surface area contributed by atoms with Gasteiger partial charge in [0, 0.05) is 18.1 Å². The Morgan fingerprint density at radius 3 is 2.07 bits per heavy atom. The lowest BCUT2D eigenvalue weighted by atomic mass is 10.3. The van der Waals surface area contributed by atoms with Gasteiger partial charge in [0.2, 0.25) is 0 Å². The van der Waals surface area contributed by atoms with Crippen molar-refractivity contribution in [2.24, 2.45) is 0 Å². The molecule has 15 heavy (non-hydrogen) atoms. The number of nitro benzene ring substituents is 1. The third-order valence-corrected chi connectivity index (χ3v) is 1.18. The maximum atomic E-state index is 10.0. The molecule has 0 aliphatic heterocycles. The van der Waals surface area contributed by atoms with Crippen LogP contribution in [0, 0.1) is 22.5 Å². The molecule has 0 spiro atoms. The highest BCUT2D eigenvalue weighted by Crippen LogP contribution is 2.14. The van der Waals surface area contributed by atoms with Crippen molar-refractivity contribution >= 4 is 11.7 Å². The van der Waals surface area contributed by atoms with E-state index < -0.39 is 10.9 Å². The maximum Gasteiger partial charge on any atom is 0.381 e. The minimum atomic E-state index is -1.22. The number of phenolic OH excluding ortho intramolecular Hbond substituents is 1. The first-order valence-electron chi connectivity index (χ1n) is 3.60. The molecule has 0 unspecified atom stereocenters. The number of phenols is 1. The Bertz CT molecular complexity index is 390. The minimum Gasteiger partial charge on any atom is -0.508 e. The molecule has 1 aromatic rings. The summed E-state index contributed by atoms with van der Waals surface area (Å²) >= 11 is 0. The summed E-state index contributed by atoms with van der Waals surface area (Å²) in [4.78, 5) is 18.7. The molecule has 0 fully saturated rings. The average molecular weight is 209 g/mol. The molecule has 1 aromatic carbocycles. The molecule has 0 aromatic heterocycles. The second-order valence-electron chi connectivity index (χ2n) is 2.22. The number of nitrogens with zero attached hydrogens (tertiary/aromatic N) is 1. The average Bonchev–Trinajstić information content (AvgIpc) is 2.19. The van der Waals surface area contributed by atoms with Crippen LogP contribution in [-0.2, 0) is 4.79 Å². The van der Waals surface area contributed by atoms with Gasteiger partial charge in [0.25, 0.3) is 5.69 Å². The highest BCUT2D eigenvalue weighted by Gasteiger charge is 2.01. The lowest BCUT2D eigenvalue weighted by Crippen LogP contribution is -1.85. The predicted molar refractivity (Wildman–Crippen MR) is 51.2 cm³/mol. The summed E-state index contributed by atoms with van der Waals surface area (Å²) in [7, 11) is 0. The second kappa shape index (κ2) is 5.99. The van der Waals surface area contributed by atoms with Crippen LogP contribution in [0.1, 0.15) is 0 Å². The number of carboxylic acid groups (broad SMARTS) is 1. The van der Waals surface area contributed by atoms with Gasteiger partial charge in [0.05, 0.1) is 4.92 Å². The van der Waals surface area contributed by atoms with Crippen molar-refractivity contribution < 1.29 is 19.9 Å². The molecule has 1 rings (SSSR count). The van der Waals surface area contributed by atoms with E-state index in [-0.39, 0.29) is 11.4 Å². The van der Waals surface area contributed by atoms with Crippen molar-refractivity contribution in [3.05, 3.63) is 34.4 Å². The predicted octanol–water partition coefficient (Wildman–Crippen LogP) is 1.00. The van der Waals surface area contributed by atoms with E-state index in [1.165, 1.54) is 30.2 Å². The van der Waals surface area contributed by atoms with Crippen LogP contribution in [0.25, 0.3) is 0 Å². The number of carboxylic acids is 1. The molecule has 0 atom stereocenters. The van der Waals surface area contributed by atoms with E-state index in [1.807, 2.05) is 0 Å². The quantitative estimate of drug-likeness (QED) is 0.408. The van der Waals surface area contributed by atoms with Crippen LogP contribution in [0.4, 0.5) is 5.69 Å². The SMILES string of the molecule is C#CC(=O)O.O=[N+]([O-])c1ccc(O)cc1. The van der Waals surface area contributed by atoms with Crippen LogP contribution < -0.4 is 0 Å². The third kappa shape index (κ3) is 5.65. The smallest absolute Gasteiger partial charge is 0.381 e. The van der Waals surface area contributed by atoms with Crippen molar-refractivity contribution in [3.8, 4) is 18.1 Å². The van der Waals surface area contributed by atoms with Gasteiger partial charge in [0.15, 0.2) is 0 Å². The molecule has 6 nitrogen and oxygen atoms in total. The van der Waals surface area contributed by atoms with Crippen LogP contribution >= 0.6 is 0 Å². The highest BCUT2D eigenvalue weighted by atomic mass is 16.6. The first-order valence-corrected chi connectivity index (χ1v) is 3.60. The molecule has 0 radical (unpaired) electrons. The summed E-state index contributed by atoms with van der Waals surface area (Å²) in [5.74, 6) is 0.260. The molecular weight excluding hydrogens is 202 g/mol. The van der Waals surface area contributed by atoms with Crippen molar-refractivity contribution in [1.82, 2.24) is 0 Å². The number of nitro groups is 1. The van der Waals surface area contributed by atoms with E-state index in [0.717, 1.165) is 0 Å². The summed E-state index contributed by atoms with van der Waals surface area (Å²) in [5.41, 5.74) is -0.0159. The van der Waals surface area contributed by atoms with Gasteiger partial charge in [-0.05, 0) is 12.1 Å². The van der Waals surface area contributed by atoms with E-state index in [1.54, 1.807) is 0 Å². The van der Waals surface area contributed by atoms with Crippen molar-refractivity contribution in [3.63, 3.8) is 0 Å². The Hall–Kier alpha value is -2.55. The highest BCUT2D eigenvalue weighted by molar-refractivity contribution is 5.85. The Morgan fingerprint density at radius 1 is 1.40 bits per heavy atom. The van der Waals surface area contributed by atoms with E-state index in [2.05, 4.69) is 6.42 Å². The van der Waals surface area contributed by atoms with Crippen LogP contribution in [0.3, 0.4) is 0 Å². The van der Waals surface area contributed by atoms with Gasteiger partial charge < -0.3 is 10.2 Å². The standard InChI is InChI=1S/C6H5NO3.C3H2O2/c8-6-3-1-5(2-4-6)7(9)10;1-2-3(4)5/h1-4,8H;1H,(H,4,5). The number of rotatable bonds is 1.